The molecule has 1 aromatic heterocycles. The molecule has 0 atom stereocenters. The number of ketones is 2. The first-order valence-electron chi connectivity index (χ1n) is 18.6. The highest BCUT2D eigenvalue weighted by molar-refractivity contribution is 7.14. The molecule has 2 aliphatic rings. The number of halogens is 4. The van der Waals surface area contributed by atoms with Gasteiger partial charge in [-0.15, -0.1) is 31.8 Å². The SMILES string of the molecule is CC(C)(C)C1=CC(=C(N=Nc2ccc(Cl)cc2Cl)c2ccc(C(N=Nc3ccc(Cl)cc3Cl)=C3C=C(C(C)(C)C)C(=O)C(C(C)(C)C)=C3)s2)C=C(C(C)(C)C)C1=O. The van der Waals surface area contributed by atoms with Crippen LogP contribution in [0.3, 0.4) is 0 Å². The van der Waals surface area contributed by atoms with Crippen molar-refractivity contribution >= 4 is 92.1 Å². The third-order valence-corrected chi connectivity index (χ3v) is 11.5. The van der Waals surface area contributed by atoms with Gasteiger partial charge in [0.25, 0.3) is 0 Å². The van der Waals surface area contributed by atoms with Gasteiger partial charge in [0.15, 0.2) is 11.6 Å². The van der Waals surface area contributed by atoms with Gasteiger partial charge in [0, 0.05) is 43.5 Å². The highest BCUT2D eigenvalue weighted by Crippen LogP contribution is 2.45. The standard InChI is InChI=1S/C46H48Cl4N4O2S/c1-43(2,3)29-19-25(20-30(41(29)55)44(4,5)6)39(53-51-35-15-13-27(47)23-33(35)49)37-17-18-38(57-37)40(54-52-36-16-14-28(48)24-34(36)50)26-21-31(45(7,8)9)42(56)32(22-26)46(10,11)12/h13-24H,1-12H3. The summed E-state index contributed by atoms with van der Waals surface area (Å²) in [5.41, 5.74) is 4.24. The van der Waals surface area contributed by atoms with Gasteiger partial charge in [0.1, 0.15) is 22.8 Å². The molecule has 11 heteroatoms. The minimum absolute atomic E-state index is 0.00525. The smallest absolute Gasteiger partial charge is 0.186 e. The lowest BCUT2D eigenvalue weighted by molar-refractivity contribution is -0.114. The van der Waals surface area contributed by atoms with Crippen LogP contribution in [0, 0.1) is 21.7 Å². The van der Waals surface area contributed by atoms with Crippen molar-refractivity contribution in [3.8, 4) is 0 Å². The summed E-state index contributed by atoms with van der Waals surface area (Å²) in [5.74, 6) is 0.0105. The van der Waals surface area contributed by atoms with E-state index in [1.54, 1.807) is 36.4 Å². The van der Waals surface area contributed by atoms with Crippen molar-refractivity contribution in [3.63, 3.8) is 0 Å². The number of thiophene rings is 1. The van der Waals surface area contributed by atoms with Crippen LogP contribution in [-0.2, 0) is 9.59 Å². The Balaban J connectivity index is 1.85. The molecular weight excluding hydrogens is 814 g/mol. The molecule has 3 aromatic rings. The third-order valence-electron chi connectivity index (χ3n) is 9.36. The zero-order valence-corrected chi connectivity index (χ0v) is 38.3. The van der Waals surface area contributed by atoms with Crippen molar-refractivity contribution in [1.29, 1.82) is 0 Å². The van der Waals surface area contributed by atoms with Gasteiger partial charge in [-0.05, 0) is 94.5 Å². The largest absolute Gasteiger partial charge is 0.289 e. The minimum atomic E-state index is -0.455. The van der Waals surface area contributed by atoms with Crippen molar-refractivity contribution in [2.45, 2.75) is 83.1 Å². The topological polar surface area (TPSA) is 83.6 Å². The second-order valence-electron chi connectivity index (χ2n) is 18.3. The van der Waals surface area contributed by atoms with Crippen LogP contribution in [0.15, 0.2) is 127 Å². The Morgan fingerprint density at radius 3 is 1.04 bits per heavy atom. The van der Waals surface area contributed by atoms with E-state index in [4.69, 9.17) is 56.6 Å². The van der Waals surface area contributed by atoms with E-state index in [9.17, 15) is 9.59 Å². The first kappa shape index (κ1) is 44.4. The maximum atomic E-state index is 14.0. The maximum absolute atomic E-state index is 14.0. The molecule has 0 saturated carbocycles. The van der Waals surface area contributed by atoms with E-state index in [2.05, 4.69) is 10.2 Å². The lowest BCUT2D eigenvalue weighted by Crippen LogP contribution is -2.28. The molecule has 0 unspecified atom stereocenters. The summed E-state index contributed by atoms with van der Waals surface area (Å²) in [6.07, 6.45) is 7.67. The predicted octanol–water partition coefficient (Wildman–Crippen LogP) is 16.4. The summed E-state index contributed by atoms with van der Waals surface area (Å²) in [6.45, 7) is 24.4. The summed E-state index contributed by atoms with van der Waals surface area (Å²) in [5, 5.41) is 20.6. The van der Waals surface area contributed by atoms with Gasteiger partial charge in [-0.1, -0.05) is 129 Å². The van der Waals surface area contributed by atoms with Crippen LogP contribution in [-0.4, -0.2) is 11.6 Å². The zero-order chi connectivity index (χ0) is 42.4. The maximum Gasteiger partial charge on any atom is 0.186 e. The van der Waals surface area contributed by atoms with Crippen LogP contribution in [0.25, 0.3) is 11.4 Å². The van der Waals surface area contributed by atoms with Crippen LogP contribution in [0.1, 0.15) is 92.8 Å². The van der Waals surface area contributed by atoms with E-state index in [-0.39, 0.29) is 11.6 Å². The lowest BCUT2D eigenvalue weighted by Gasteiger charge is -2.31. The molecule has 0 N–H and O–H groups in total. The average molecular weight is 863 g/mol. The van der Waals surface area contributed by atoms with E-state index < -0.39 is 21.7 Å². The van der Waals surface area contributed by atoms with Crippen molar-refractivity contribution in [3.05, 3.63) is 136 Å². The molecule has 298 valence electrons. The molecule has 57 heavy (non-hydrogen) atoms. The normalized spacial score (nSPS) is 16.0. The Kier molecular flexibility index (Phi) is 12.8. The van der Waals surface area contributed by atoms with E-state index in [1.807, 2.05) is 120 Å². The lowest BCUT2D eigenvalue weighted by atomic mass is 9.71. The van der Waals surface area contributed by atoms with Crippen LogP contribution < -0.4 is 0 Å². The number of nitrogens with zero attached hydrogens (tertiary/aromatic N) is 4. The number of hydrogen-bond acceptors (Lipinski definition) is 7. The second kappa shape index (κ2) is 16.5. The molecule has 2 aliphatic carbocycles. The van der Waals surface area contributed by atoms with Crippen molar-refractivity contribution < 1.29 is 9.59 Å². The van der Waals surface area contributed by atoms with E-state index in [0.717, 1.165) is 20.9 Å². The number of benzene rings is 2. The molecule has 6 nitrogen and oxygen atoms in total. The Morgan fingerprint density at radius 1 is 0.474 bits per heavy atom. The molecular formula is C46H48Cl4N4O2S. The molecule has 0 amide bonds. The molecule has 1 heterocycles. The van der Waals surface area contributed by atoms with Crippen molar-refractivity contribution in [1.82, 2.24) is 0 Å². The fraction of sp³-hybridized carbons (Fsp3) is 0.348. The molecule has 0 bridgehead atoms. The molecule has 0 spiro atoms. The monoisotopic (exact) mass is 860 g/mol. The minimum Gasteiger partial charge on any atom is -0.289 e. The van der Waals surface area contributed by atoms with Crippen LogP contribution in [0.4, 0.5) is 11.4 Å². The highest BCUT2D eigenvalue weighted by Gasteiger charge is 2.36. The predicted molar refractivity (Wildman–Crippen MR) is 240 cm³/mol. The van der Waals surface area contributed by atoms with E-state index >= 15 is 0 Å². The number of allylic oxidation sites excluding steroid dienone is 10. The fourth-order valence-corrected chi connectivity index (χ4v) is 8.10. The number of carbonyl (C=O) groups is 2. The summed E-state index contributed by atoms with van der Waals surface area (Å²) >= 11 is 27.0. The highest BCUT2D eigenvalue weighted by atomic mass is 35.5. The van der Waals surface area contributed by atoms with E-state index in [0.29, 0.717) is 65.2 Å². The van der Waals surface area contributed by atoms with Crippen LogP contribution in [0.5, 0.6) is 0 Å². The summed E-state index contributed by atoms with van der Waals surface area (Å²) in [7, 11) is 0. The molecule has 0 saturated heterocycles. The Morgan fingerprint density at radius 2 is 0.772 bits per heavy atom. The average Bonchev–Trinajstić information content (AvgIpc) is 3.55. The van der Waals surface area contributed by atoms with Gasteiger partial charge in [-0.3, -0.25) is 9.59 Å². The van der Waals surface area contributed by atoms with Crippen LogP contribution >= 0.6 is 57.7 Å². The Hall–Kier alpha value is -3.72. The van der Waals surface area contributed by atoms with Gasteiger partial charge >= 0.3 is 0 Å². The molecule has 0 radical (unpaired) electrons. The summed E-state index contributed by atoms with van der Waals surface area (Å²) in [6, 6.07) is 14.0. The summed E-state index contributed by atoms with van der Waals surface area (Å²) < 4.78 is 0. The third kappa shape index (κ3) is 10.3. The van der Waals surface area contributed by atoms with Gasteiger partial charge in [0.05, 0.1) is 19.8 Å². The zero-order valence-electron chi connectivity index (χ0n) is 34.5. The number of azo groups is 2. The van der Waals surface area contributed by atoms with Gasteiger partial charge in [0.2, 0.25) is 0 Å². The molecule has 0 aliphatic heterocycles. The van der Waals surface area contributed by atoms with Gasteiger partial charge in [-0.25, -0.2) is 0 Å². The Bertz CT molecular complexity index is 2170. The molecule has 5 rings (SSSR count). The Labute approximate surface area is 360 Å². The number of hydrogen-bond donors (Lipinski definition) is 0. The van der Waals surface area contributed by atoms with Crippen LogP contribution in [0.2, 0.25) is 20.1 Å². The quantitative estimate of drug-likeness (QED) is 0.231. The van der Waals surface area contributed by atoms with Crippen molar-refractivity contribution in [2.24, 2.45) is 42.1 Å². The first-order chi connectivity index (χ1) is 26.3. The molecule has 2 aromatic carbocycles. The molecule has 0 fully saturated rings. The van der Waals surface area contributed by atoms with Gasteiger partial charge < -0.3 is 0 Å². The van der Waals surface area contributed by atoms with Gasteiger partial charge in [-0.2, -0.15) is 0 Å². The fourth-order valence-electron chi connectivity index (χ4n) is 6.18. The first-order valence-corrected chi connectivity index (χ1v) is 20.9. The number of rotatable bonds is 6. The van der Waals surface area contributed by atoms with Crippen molar-refractivity contribution in [2.75, 3.05) is 0 Å². The number of Topliss-reactive ketones (excluding diaryl/α,β-unsaturated/α-hetero) is 2. The van der Waals surface area contributed by atoms with E-state index in [1.165, 1.54) is 11.3 Å². The summed E-state index contributed by atoms with van der Waals surface area (Å²) in [4.78, 5) is 29.5. The second-order valence-corrected chi connectivity index (χ2v) is 21.0. The number of carbonyl (C=O) groups excluding carboxylic acids is 2.